The van der Waals surface area contributed by atoms with Gasteiger partial charge in [0.25, 0.3) is 5.69 Å². The van der Waals surface area contributed by atoms with E-state index in [4.69, 9.17) is 22.4 Å². The summed E-state index contributed by atoms with van der Waals surface area (Å²) in [5.41, 5.74) is 4.85. The first-order chi connectivity index (χ1) is 15.8. The van der Waals surface area contributed by atoms with Crippen LogP contribution in [-0.4, -0.2) is 41.2 Å². The molecule has 0 saturated carbocycles. The summed E-state index contributed by atoms with van der Waals surface area (Å²) in [7, 11) is 0. The maximum Gasteiger partial charge on any atom is 0.274 e. The van der Waals surface area contributed by atoms with E-state index < -0.39 is 22.2 Å². The monoisotopic (exact) mass is 468 g/mol. The third-order valence-electron chi connectivity index (χ3n) is 5.80. The molecule has 10 heteroatoms. The Labute approximate surface area is 197 Å². The molecule has 0 aromatic heterocycles. The highest BCUT2D eigenvalue weighted by Crippen LogP contribution is 2.55. The van der Waals surface area contributed by atoms with Crippen LogP contribution in [0.3, 0.4) is 0 Å². The summed E-state index contributed by atoms with van der Waals surface area (Å²) in [5.74, 6) is -1.40. The molecule has 33 heavy (non-hydrogen) atoms. The molecule has 0 saturated heterocycles. The lowest BCUT2D eigenvalue weighted by Crippen LogP contribution is -2.48. The summed E-state index contributed by atoms with van der Waals surface area (Å²) in [6.45, 7) is 5.80. The zero-order chi connectivity index (χ0) is 24.8. The molecule has 172 valence electrons. The van der Waals surface area contributed by atoms with E-state index in [1.165, 1.54) is 18.2 Å². The topological polar surface area (TPSA) is 164 Å². The highest BCUT2D eigenvalue weighted by molar-refractivity contribution is 6.30. The fraction of sp³-hybridized carbons (Fsp3) is 0.435. The zero-order valence-electron chi connectivity index (χ0n) is 18.5. The number of halogens is 1. The predicted molar refractivity (Wildman–Crippen MR) is 122 cm³/mol. The standard InChI is InChI=1S/C21H19ClN6O2.C2H6O/c1-2-6-27-7-5-14-16(9-23)20(26)21(11-24,12-25)19(17(14)10-27)15-4-3-13(22)8-18(15)28(29)30;1-2-3/h3-5,8,17,19H,2,6-7,10,26H2,1H3;3H,2H2,1H3. The number of nitrogens with two attached hydrogens (primary N) is 1. The average Bonchev–Trinajstić information content (AvgIpc) is 2.79. The Balaban J connectivity index is 0.00000122. The molecule has 2 unspecified atom stereocenters. The minimum atomic E-state index is -1.92. The van der Waals surface area contributed by atoms with Crippen molar-refractivity contribution in [2.24, 2.45) is 17.1 Å². The number of hydrogen-bond acceptors (Lipinski definition) is 8. The van der Waals surface area contributed by atoms with Gasteiger partial charge in [0.05, 0.1) is 28.3 Å². The number of nitro groups is 1. The van der Waals surface area contributed by atoms with E-state index in [1.807, 2.05) is 25.1 Å². The molecule has 1 heterocycles. The molecule has 2 atom stereocenters. The van der Waals surface area contributed by atoms with Gasteiger partial charge >= 0.3 is 0 Å². The number of nitrogens with zero attached hydrogens (tertiary/aromatic N) is 5. The number of benzene rings is 1. The lowest BCUT2D eigenvalue weighted by atomic mass is 9.58. The normalized spacial score (nSPS) is 21.3. The van der Waals surface area contributed by atoms with Crippen molar-refractivity contribution in [1.82, 2.24) is 4.90 Å². The first-order valence-corrected chi connectivity index (χ1v) is 10.8. The van der Waals surface area contributed by atoms with Gasteiger partial charge in [-0.3, -0.25) is 15.0 Å². The molecule has 0 amide bonds. The van der Waals surface area contributed by atoms with E-state index in [9.17, 15) is 25.9 Å². The van der Waals surface area contributed by atoms with E-state index in [0.29, 0.717) is 18.7 Å². The molecule has 3 rings (SSSR count). The Kier molecular flexibility index (Phi) is 8.56. The molecule has 3 N–H and O–H groups in total. The van der Waals surface area contributed by atoms with Gasteiger partial charge in [0.15, 0.2) is 5.41 Å². The molecule has 1 aromatic rings. The molecule has 0 spiro atoms. The van der Waals surface area contributed by atoms with Gasteiger partial charge in [-0.1, -0.05) is 30.7 Å². The van der Waals surface area contributed by atoms with Gasteiger partial charge in [0.1, 0.15) is 6.07 Å². The van der Waals surface area contributed by atoms with Crippen LogP contribution in [0.2, 0.25) is 5.02 Å². The number of hydrogen-bond donors (Lipinski definition) is 2. The summed E-state index contributed by atoms with van der Waals surface area (Å²) in [6.07, 6.45) is 2.77. The van der Waals surface area contributed by atoms with Crippen molar-refractivity contribution in [3.8, 4) is 18.2 Å². The number of nitro benzene ring substituents is 1. The van der Waals surface area contributed by atoms with Gasteiger partial charge in [-0.2, -0.15) is 15.8 Å². The van der Waals surface area contributed by atoms with Crippen LogP contribution in [0.1, 0.15) is 31.7 Å². The molecule has 2 aliphatic rings. The minimum Gasteiger partial charge on any atom is -0.399 e. The van der Waals surface area contributed by atoms with Crippen LogP contribution in [0, 0.1) is 55.4 Å². The first kappa shape index (κ1) is 25.8. The fourth-order valence-electron chi connectivity index (χ4n) is 4.52. The molecule has 1 aliphatic carbocycles. The zero-order valence-corrected chi connectivity index (χ0v) is 19.2. The molecular weight excluding hydrogens is 444 g/mol. The quantitative estimate of drug-likeness (QED) is 0.501. The highest BCUT2D eigenvalue weighted by Gasteiger charge is 2.55. The number of rotatable bonds is 4. The van der Waals surface area contributed by atoms with Crippen LogP contribution >= 0.6 is 11.6 Å². The molecule has 1 aromatic carbocycles. The summed E-state index contributed by atoms with van der Waals surface area (Å²) in [4.78, 5) is 13.4. The Hall–Kier alpha value is -3.42. The van der Waals surface area contributed by atoms with Gasteiger partial charge < -0.3 is 10.8 Å². The number of aliphatic hydroxyl groups is 1. The van der Waals surface area contributed by atoms with Crippen molar-refractivity contribution in [2.75, 3.05) is 26.2 Å². The second kappa shape index (κ2) is 10.9. The van der Waals surface area contributed by atoms with Crippen molar-refractivity contribution in [1.29, 1.82) is 15.8 Å². The minimum absolute atomic E-state index is 0.118. The summed E-state index contributed by atoms with van der Waals surface area (Å²) >= 11 is 5.98. The van der Waals surface area contributed by atoms with Crippen LogP contribution in [0.15, 0.2) is 41.1 Å². The largest absolute Gasteiger partial charge is 0.399 e. The predicted octanol–water partition coefficient (Wildman–Crippen LogP) is 3.38. The van der Waals surface area contributed by atoms with Crippen LogP contribution in [0.4, 0.5) is 5.69 Å². The SMILES string of the molecule is CCCN1CC=C2C(C#N)=C(N)C(C#N)(C#N)C(c3ccc(Cl)cc3[N+](=O)[O-])C2C1.CCO. The number of nitriles is 3. The molecule has 1 aliphatic heterocycles. The van der Waals surface area contributed by atoms with Gasteiger partial charge in [-0.15, -0.1) is 0 Å². The molecule has 0 fully saturated rings. The van der Waals surface area contributed by atoms with Crippen molar-refractivity contribution in [2.45, 2.75) is 26.2 Å². The fourth-order valence-corrected chi connectivity index (χ4v) is 4.69. The van der Waals surface area contributed by atoms with Crippen LogP contribution in [0.25, 0.3) is 0 Å². The average molecular weight is 469 g/mol. The Morgan fingerprint density at radius 2 is 1.97 bits per heavy atom. The Morgan fingerprint density at radius 3 is 2.48 bits per heavy atom. The highest BCUT2D eigenvalue weighted by atomic mass is 35.5. The van der Waals surface area contributed by atoms with E-state index in [1.54, 1.807) is 6.92 Å². The second-order valence-corrected chi connectivity index (χ2v) is 8.15. The summed E-state index contributed by atoms with van der Waals surface area (Å²) in [5, 5.41) is 49.4. The van der Waals surface area contributed by atoms with Gasteiger partial charge in [-0.05, 0) is 31.5 Å². The van der Waals surface area contributed by atoms with E-state index in [-0.39, 0.29) is 34.2 Å². The number of fused-ring (bicyclic) bond motifs is 1. The lowest BCUT2D eigenvalue weighted by Gasteiger charge is -2.45. The Morgan fingerprint density at radius 1 is 1.33 bits per heavy atom. The summed E-state index contributed by atoms with van der Waals surface area (Å²) < 4.78 is 0. The van der Waals surface area contributed by atoms with Crippen LogP contribution in [0.5, 0.6) is 0 Å². The molecule has 0 radical (unpaired) electrons. The maximum absolute atomic E-state index is 11.8. The third kappa shape index (κ3) is 4.69. The lowest BCUT2D eigenvalue weighted by molar-refractivity contribution is -0.385. The molecule has 9 nitrogen and oxygen atoms in total. The van der Waals surface area contributed by atoms with Crippen molar-refractivity contribution < 1.29 is 10.0 Å². The molecular formula is C23H25ClN6O3. The maximum atomic E-state index is 11.8. The third-order valence-corrected chi connectivity index (χ3v) is 6.04. The summed E-state index contributed by atoms with van der Waals surface area (Å²) in [6, 6.07) is 10.2. The van der Waals surface area contributed by atoms with Crippen molar-refractivity contribution >= 4 is 17.3 Å². The first-order valence-electron chi connectivity index (χ1n) is 10.5. The van der Waals surface area contributed by atoms with Crippen LogP contribution < -0.4 is 5.73 Å². The number of allylic oxidation sites excluding steroid dienone is 2. The smallest absolute Gasteiger partial charge is 0.274 e. The van der Waals surface area contributed by atoms with E-state index >= 15 is 0 Å². The van der Waals surface area contributed by atoms with Crippen LogP contribution in [-0.2, 0) is 0 Å². The second-order valence-electron chi connectivity index (χ2n) is 7.71. The van der Waals surface area contributed by atoms with E-state index in [2.05, 4.69) is 11.0 Å². The molecule has 0 bridgehead atoms. The van der Waals surface area contributed by atoms with Gasteiger partial charge in [0.2, 0.25) is 0 Å². The Bertz CT molecular complexity index is 1090. The van der Waals surface area contributed by atoms with Gasteiger partial charge in [0, 0.05) is 48.2 Å². The van der Waals surface area contributed by atoms with E-state index in [0.717, 1.165) is 13.0 Å². The van der Waals surface area contributed by atoms with Gasteiger partial charge in [-0.25, -0.2) is 0 Å². The van der Waals surface area contributed by atoms with Crippen molar-refractivity contribution in [3.05, 3.63) is 61.8 Å². The van der Waals surface area contributed by atoms with Crippen molar-refractivity contribution in [3.63, 3.8) is 0 Å². The number of aliphatic hydroxyl groups excluding tert-OH is 1.